The molecule has 5 nitrogen and oxygen atoms in total. The molecule has 1 N–H and O–H groups in total. The van der Waals surface area contributed by atoms with Crippen LogP contribution < -0.4 is 0 Å². The summed E-state index contributed by atoms with van der Waals surface area (Å²) in [6.45, 7) is 2.88. The van der Waals surface area contributed by atoms with Gasteiger partial charge in [-0.15, -0.1) is 11.8 Å². The van der Waals surface area contributed by atoms with Gasteiger partial charge in [0.05, 0.1) is 12.0 Å². The zero-order valence-corrected chi connectivity index (χ0v) is 12.4. The Balaban J connectivity index is 2.09. The summed E-state index contributed by atoms with van der Waals surface area (Å²) < 4.78 is 0. The molecule has 2 atom stereocenters. The molecule has 1 saturated heterocycles. The number of fused-ring (bicyclic) bond motifs is 1. The van der Waals surface area contributed by atoms with Gasteiger partial charge in [-0.2, -0.15) is 0 Å². The molecule has 0 aromatic rings. The van der Waals surface area contributed by atoms with E-state index in [0.29, 0.717) is 6.42 Å². The Labute approximate surface area is 117 Å². The number of carboxylic acids is 1. The number of hydrogen-bond acceptors (Lipinski definition) is 4. The van der Waals surface area contributed by atoms with Crippen LogP contribution in [0.25, 0.3) is 0 Å². The Bertz CT molecular complexity index is 434. The van der Waals surface area contributed by atoms with Crippen LogP contribution >= 0.6 is 11.8 Å². The number of β-lactam (4-membered cyclic amide) rings is 1. The molecule has 1 fully saturated rings. The third-order valence-electron chi connectivity index (χ3n) is 3.71. The van der Waals surface area contributed by atoms with E-state index in [1.807, 2.05) is 21.0 Å². The first-order valence-electron chi connectivity index (χ1n) is 6.54. The van der Waals surface area contributed by atoms with Crippen molar-refractivity contribution in [2.24, 2.45) is 5.92 Å². The van der Waals surface area contributed by atoms with Crippen LogP contribution in [-0.4, -0.2) is 59.2 Å². The van der Waals surface area contributed by atoms with E-state index < -0.39 is 5.97 Å². The second-order valence-corrected chi connectivity index (χ2v) is 6.41. The lowest BCUT2D eigenvalue weighted by Crippen LogP contribution is -2.58. The average Bonchev–Trinajstić information content (AvgIpc) is 2.65. The van der Waals surface area contributed by atoms with Crippen LogP contribution in [0.1, 0.15) is 19.8 Å². The van der Waals surface area contributed by atoms with Crippen LogP contribution in [-0.2, 0) is 9.59 Å². The molecule has 0 unspecified atom stereocenters. The maximum atomic E-state index is 11.9. The minimum atomic E-state index is -0.974. The van der Waals surface area contributed by atoms with Gasteiger partial charge in [0.2, 0.25) is 5.91 Å². The van der Waals surface area contributed by atoms with E-state index in [1.165, 1.54) is 4.90 Å². The second-order valence-electron chi connectivity index (χ2n) is 5.22. The van der Waals surface area contributed by atoms with E-state index >= 15 is 0 Å². The van der Waals surface area contributed by atoms with E-state index in [4.69, 9.17) is 0 Å². The molecule has 0 radical (unpaired) electrons. The third kappa shape index (κ3) is 2.51. The van der Waals surface area contributed by atoms with Crippen LogP contribution in [0.3, 0.4) is 0 Å². The van der Waals surface area contributed by atoms with Crippen molar-refractivity contribution < 1.29 is 14.7 Å². The smallest absolute Gasteiger partial charge is 0.353 e. The normalized spacial score (nSPS) is 25.9. The van der Waals surface area contributed by atoms with E-state index in [2.05, 4.69) is 4.90 Å². The summed E-state index contributed by atoms with van der Waals surface area (Å²) in [6.07, 6.45) is 1.51. The van der Waals surface area contributed by atoms with E-state index in [-0.39, 0.29) is 23.6 Å². The third-order valence-corrected chi connectivity index (χ3v) is 4.80. The number of aliphatic carboxylic acids is 1. The molecule has 0 aromatic heterocycles. The first-order valence-corrected chi connectivity index (χ1v) is 7.53. The zero-order chi connectivity index (χ0) is 14.2. The quantitative estimate of drug-likeness (QED) is 0.743. The molecule has 2 aliphatic heterocycles. The fraction of sp³-hybridized carbons (Fsp3) is 0.692. The van der Waals surface area contributed by atoms with Gasteiger partial charge in [0, 0.05) is 23.6 Å². The largest absolute Gasteiger partial charge is 0.477 e. The number of hydrogen-bond donors (Lipinski definition) is 1. The van der Waals surface area contributed by atoms with Crippen molar-refractivity contribution in [1.29, 1.82) is 0 Å². The Morgan fingerprint density at radius 1 is 1.53 bits per heavy atom. The van der Waals surface area contributed by atoms with Gasteiger partial charge in [-0.1, -0.05) is 6.92 Å². The van der Waals surface area contributed by atoms with Gasteiger partial charge in [0.25, 0.3) is 0 Å². The van der Waals surface area contributed by atoms with Gasteiger partial charge in [-0.25, -0.2) is 4.79 Å². The summed E-state index contributed by atoms with van der Waals surface area (Å²) in [5.41, 5.74) is 0.225. The molecule has 106 valence electrons. The molecule has 2 rings (SSSR count). The van der Waals surface area contributed by atoms with Crippen molar-refractivity contribution in [2.75, 3.05) is 26.4 Å². The number of carboxylic acid groups (broad SMARTS) is 1. The lowest BCUT2D eigenvalue weighted by Gasteiger charge is -2.42. The summed E-state index contributed by atoms with van der Waals surface area (Å²) in [6, 6.07) is 0.0884. The van der Waals surface area contributed by atoms with Crippen LogP contribution in [0.4, 0.5) is 0 Å². The molecule has 1 amide bonds. The van der Waals surface area contributed by atoms with E-state index in [1.54, 1.807) is 11.8 Å². The molecule has 6 heteroatoms. The number of thioether (sulfide) groups is 1. The number of carbonyl (C=O) groups excluding carboxylic acids is 1. The Kier molecular flexibility index (Phi) is 4.20. The number of nitrogens with zero attached hydrogens (tertiary/aromatic N) is 2. The Hall–Kier alpha value is -1.01. The summed E-state index contributed by atoms with van der Waals surface area (Å²) in [5, 5.41) is 9.32. The number of carbonyl (C=O) groups is 2. The summed E-state index contributed by atoms with van der Waals surface area (Å²) in [7, 11) is 3.98. The van der Waals surface area contributed by atoms with Gasteiger partial charge < -0.3 is 14.9 Å². The molecule has 0 aliphatic carbocycles. The number of amides is 1. The summed E-state index contributed by atoms with van der Waals surface area (Å²) >= 11 is 1.57. The lowest BCUT2D eigenvalue weighted by molar-refractivity contribution is -0.155. The molecule has 0 bridgehead atoms. The average molecular weight is 284 g/mol. The van der Waals surface area contributed by atoms with Crippen LogP contribution in [0.5, 0.6) is 0 Å². The lowest BCUT2D eigenvalue weighted by atomic mass is 9.85. The highest BCUT2D eigenvalue weighted by atomic mass is 32.2. The van der Waals surface area contributed by atoms with Gasteiger partial charge >= 0.3 is 5.97 Å². The molecular formula is C13H20N2O3S. The van der Waals surface area contributed by atoms with Crippen molar-refractivity contribution in [3.63, 3.8) is 0 Å². The van der Waals surface area contributed by atoms with Gasteiger partial charge in [-0.3, -0.25) is 4.79 Å². The first kappa shape index (κ1) is 14.4. The molecule has 2 aliphatic rings. The minimum absolute atomic E-state index is 0.0151. The molecule has 2 heterocycles. The van der Waals surface area contributed by atoms with Gasteiger partial charge in [-0.05, 0) is 20.5 Å². The van der Waals surface area contributed by atoms with Crippen molar-refractivity contribution >= 4 is 23.6 Å². The molecular weight excluding hydrogens is 264 g/mol. The van der Waals surface area contributed by atoms with Crippen molar-refractivity contribution in [3.8, 4) is 0 Å². The van der Waals surface area contributed by atoms with Crippen molar-refractivity contribution in [1.82, 2.24) is 9.80 Å². The summed E-state index contributed by atoms with van der Waals surface area (Å²) in [4.78, 5) is 27.7. The van der Waals surface area contributed by atoms with Crippen LogP contribution in [0.15, 0.2) is 10.6 Å². The van der Waals surface area contributed by atoms with E-state index in [0.717, 1.165) is 23.6 Å². The van der Waals surface area contributed by atoms with Crippen molar-refractivity contribution in [2.45, 2.75) is 25.8 Å². The van der Waals surface area contributed by atoms with Gasteiger partial charge in [0.1, 0.15) is 5.70 Å². The maximum Gasteiger partial charge on any atom is 0.353 e. The minimum Gasteiger partial charge on any atom is -0.477 e. The fourth-order valence-electron chi connectivity index (χ4n) is 2.68. The predicted octanol–water partition coefficient (Wildman–Crippen LogP) is 1.22. The fourth-order valence-corrected chi connectivity index (χ4v) is 4.00. The van der Waals surface area contributed by atoms with Crippen LogP contribution in [0.2, 0.25) is 0 Å². The van der Waals surface area contributed by atoms with E-state index in [9.17, 15) is 14.7 Å². The highest BCUT2D eigenvalue weighted by Gasteiger charge is 2.54. The van der Waals surface area contributed by atoms with Crippen LogP contribution in [0, 0.1) is 5.92 Å². The molecule has 19 heavy (non-hydrogen) atoms. The standard InChI is InChI=1S/C13H20N2O3S/c1-4-8-9-7-10(19-6-5-14(2)3)11(13(17)18)15(9)12(8)16/h8-9H,4-7H2,1-3H3,(H,17,18)/t8-,9-/m1/s1. The monoisotopic (exact) mass is 284 g/mol. The first-order chi connectivity index (χ1) is 8.97. The van der Waals surface area contributed by atoms with Crippen molar-refractivity contribution in [3.05, 3.63) is 10.6 Å². The summed E-state index contributed by atoms with van der Waals surface area (Å²) in [5.74, 6) is -0.128. The Morgan fingerprint density at radius 2 is 2.21 bits per heavy atom. The predicted molar refractivity (Wildman–Crippen MR) is 74.7 cm³/mol. The highest BCUT2D eigenvalue weighted by Crippen LogP contribution is 2.46. The highest BCUT2D eigenvalue weighted by molar-refractivity contribution is 8.03. The van der Waals surface area contributed by atoms with Gasteiger partial charge in [0.15, 0.2) is 0 Å². The second kappa shape index (κ2) is 5.54. The maximum absolute atomic E-state index is 11.9. The zero-order valence-electron chi connectivity index (χ0n) is 11.5. The number of rotatable bonds is 6. The Morgan fingerprint density at radius 3 is 2.74 bits per heavy atom. The molecule has 0 saturated carbocycles. The SMILES string of the molecule is CC[C@H]1C(=O)N2C(C(=O)O)=C(SCCN(C)C)C[C@H]12. The topological polar surface area (TPSA) is 60.9 Å². The molecule has 0 spiro atoms. The molecule has 0 aromatic carbocycles.